The van der Waals surface area contributed by atoms with Gasteiger partial charge in [0, 0.05) is 0 Å². The quantitative estimate of drug-likeness (QED) is 0.0738. The topological polar surface area (TPSA) is 17.1 Å². The molecule has 0 aromatic heterocycles. The summed E-state index contributed by atoms with van der Waals surface area (Å²) in [5, 5.41) is 1.35. The maximum atomic E-state index is 14.9. The average Bonchev–Trinajstić information content (AvgIpc) is 3.36. The Balaban J connectivity index is 1.66. The van der Waals surface area contributed by atoms with E-state index in [9.17, 15) is 3.83 Å². The molecule has 0 aliphatic heterocycles. The molecule has 7 aromatic carbocycles. The fraction of sp³-hybridized carbons (Fsp3) is 0.408. The first-order valence-electron chi connectivity index (χ1n) is 28.0. The van der Waals surface area contributed by atoms with Gasteiger partial charge >= 0.3 is 450 Å². The molecule has 0 aliphatic rings. The molecule has 7 aromatic rings. The molecular formula is C71H88OSe. The molecule has 0 bridgehead atoms. The van der Waals surface area contributed by atoms with E-state index in [-0.39, 0.29) is 0 Å². The summed E-state index contributed by atoms with van der Waals surface area (Å²) in [7, 11) is 0. The third-order valence-electron chi connectivity index (χ3n) is 15.3. The normalized spacial score (nSPS) is 12.6. The Morgan fingerprint density at radius 2 is 0.548 bits per heavy atom. The van der Waals surface area contributed by atoms with Gasteiger partial charge in [-0.05, 0) is 0 Å². The van der Waals surface area contributed by atoms with E-state index in [2.05, 4.69) is 245 Å². The van der Waals surface area contributed by atoms with Crippen LogP contribution in [0.25, 0.3) is 66.8 Å². The van der Waals surface area contributed by atoms with Crippen molar-refractivity contribution in [2.45, 2.75) is 189 Å². The molecule has 2 heteroatoms. The summed E-state index contributed by atoms with van der Waals surface area (Å²) in [6.07, 6.45) is 2.02. The zero-order chi connectivity index (χ0) is 53.0. The SMILES string of the molecule is CCCC[Se](=O)Cc1c(-c2cc(-c3c(C(C)C)cccc3C(C)C)cc(-c3c(C(C)C)cccc3C(C)C)c2)cccc1-c1cc(-c2c(C(C)C)cccc2C(C)C)cc(-c2c(C(C)C)cccc2C(C)C)c1. The fourth-order valence-corrected chi connectivity index (χ4v) is 14.4. The molecule has 1 unspecified atom stereocenters. The van der Waals surface area contributed by atoms with Gasteiger partial charge < -0.3 is 0 Å². The third kappa shape index (κ3) is 12.0. The molecular weight excluding hydrogens is 948 g/mol. The van der Waals surface area contributed by atoms with E-state index in [0.29, 0.717) is 52.7 Å². The van der Waals surface area contributed by atoms with E-state index in [1.165, 1.54) is 117 Å². The summed E-state index contributed by atoms with van der Waals surface area (Å²) < 4.78 is 14.9. The van der Waals surface area contributed by atoms with Crippen molar-refractivity contribution in [2.75, 3.05) is 0 Å². The second-order valence-electron chi connectivity index (χ2n) is 23.6. The van der Waals surface area contributed by atoms with Crippen molar-refractivity contribution in [3.63, 3.8) is 0 Å². The van der Waals surface area contributed by atoms with E-state index in [4.69, 9.17) is 0 Å². The van der Waals surface area contributed by atoms with Crippen LogP contribution < -0.4 is 0 Å². The molecule has 0 fully saturated rings. The number of unbranched alkanes of at least 4 members (excludes halogenated alkanes) is 1. The second-order valence-corrected chi connectivity index (χ2v) is 26.9. The van der Waals surface area contributed by atoms with Gasteiger partial charge in [-0.2, -0.15) is 0 Å². The maximum absolute atomic E-state index is 14.9. The van der Waals surface area contributed by atoms with Crippen molar-refractivity contribution in [2.24, 2.45) is 0 Å². The Morgan fingerprint density at radius 1 is 0.329 bits per heavy atom. The molecule has 73 heavy (non-hydrogen) atoms. The zero-order valence-corrected chi connectivity index (χ0v) is 49.6. The van der Waals surface area contributed by atoms with Crippen LogP contribution in [0.5, 0.6) is 0 Å². The van der Waals surface area contributed by atoms with Gasteiger partial charge in [0.2, 0.25) is 0 Å². The summed E-state index contributed by atoms with van der Waals surface area (Å²) in [5.41, 5.74) is 27.4. The molecule has 1 atom stereocenters. The van der Waals surface area contributed by atoms with E-state index < -0.39 is 13.8 Å². The van der Waals surface area contributed by atoms with Crippen LogP contribution in [0.4, 0.5) is 0 Å². The minimum absolute atomic E-state index is 0.342. The molecule has 0 radical (unpaired) electrons. The summed E-state index contributed by atoms with van der Waals surface area (Å²) in [4.78, 5) is 0. The number of rotatable bonds is 19. The first-order chi connectivity index (χ1) is 34.7. The van der Waals surface area contributed by atoms with Gasteiger partial charge in [0.25, 0.3) is 0 Å². The summed E-state index contributed by atoms with van der Waals surface area (Å²) in [6.45, 7) is 39.6. The minimum atomic E-state index is -2.29. The van der Waals surface area contributed by atoms with Crippen LogP contribution in [0.1, 0.15) is 228 Å². The monoisotopic (exact) mass is 1040 g/mol. The van der Waals surface area contributed by atoms with Gasteiger partial charge in [0.1, 0.15) is 0 Å². The van der Waals surface area contributed by atoms with Crippen molar-refractivity contribution < 1.29 is 3.83 Å². The Kier molecular flexibility index (Phi) is 18.3. The van der Waals surface area contributed by atoms with Gasteiger partial charge in [0.05, 0.1) is 0 Å². The standard InChI is InChI=1S/C71H88OSe/c1-18-19-35-73(72)42-67-65(51-36-53(68-57(43(2)3)25-20-26-58(68)44(4)5)40-54(37-51)69-59(45(6)7)27-21-28-60(69)46(8)9)33-24-34-66(67)52-38-55(70-61(47(10)11)29-22-30-62(70)48(12)13)41-56(39-52)71-63(49(14)15)31-23-32-64(71)50(16)17/h20-34,36-41,43-50H,18-19,35,42H2,1-17H3. The number of hydrogen-bond donors (Lipinski definition) is 0. The third-order valence-corrected chi connectivity index (χ3v) is 18.2. The zero-order valence-electron chi connectivity index (χ0n) is 47.9. The van der Waals surface area contributed by atoms with Gasteiger partial charge in [-0.25, -0.2) is 0 Å². The fourth-order valence-electron chi connectivity index (χ4n) is 11.5. The first kappa shape index (κ1) is 55.6. The Labute approximate surface area is 447 Å². The Bertz CT molecular complexity index is 2600. The molecule has 0 aliphatic carbocycles. The summed E-state index contributed by atoms with van der Waals surface area (Å²) in [5.74, 6) is 2.74. The second kappa shape index (κ2) is 24.0. The number of benzene rings is 7. The predicted octanol–water partition coefficient (Wildman–Crippen LogP) is 22.0. The van der Waals surface area contributed by atoms with Crippen LogP contribution in [0.2, 0.25) is 5.32 Å². The van der Waals surface area contributed by atoms with Crippen LogP contribution in [0.15, 0.2) is 127 Å². The average molecular weight is 1040 g/mol. The summed E-state index contributed by atoms with van der Waals surface area (Å²) in [6, 6.07) is 49.8. The van der Waals surface area contributed by atoms with Crippen molar-refractivity contribution in [1.29, 1.82) is 0 Å². The van der Waals surface area contributed by atoms with Crippen LogP contribution in [0, 0.1) is 0 Å². The van der Waals surface area contributed by atoms with Crippen LogP contribution in [-0.4, -0.2) is 13.8 Å². The Hall–Kier alpha value is -5.14. The molecule has 0 amide bonds. The van der Waals surface area contributed by atoms with E-state index in [1.807, 2.05) is 0 Å². The van der Waals surface area contributed by atoms with Gasteiger partial charge in [0.15, 0.2) is 0 Å². The van der Waals surface area contributed by atoms with E-state index >= 15 is 0 Å². The van der Waals surface area contributed by atoms with E-state index in [1.54, 1.807) is 0 Å². The molecule has 0 heterocycles. The van der Waals surface area contributed by atoms with Crippen molar-refractivity contribution in [3.05, 3.63) is 177 Å². The molecule has 384 valence electrons. The molecule has 7 rings (SSSR count). The number of hydrogen-bond acceptors (Lipinski definition) is 1. The van der Waals surface area contributed by atoms with Crippen molar-refractivity contribution in [1.82, 2.24) is 0 Å². The van der Waals surface area contributed by atoms with Gasteiger partial charge in [-0.1, -0.05) is 0 Å². The van der Waals surface area contributed by atoms with Crippen molar-refractivity contribution >= 4 is 13.8 Å². The molecule has 0 spiro atoms. The first-order valence-corrected chi connectivity index (χ1v) is 31.2. The molecule has 0 saturated heterocycles. The van der Waals surface area contributed by atoms with Crippen LogP contribution >= 0.6 is 0 Å². The van der Waals surface area contributed by atoms with E-state index in [0.717, 1.165) is 18.2 Å². The summed E-state index contributed by atoms with van der Waals surface area (Å²) >= 11 is -2.29. The van der Waals surface area contributed by atoms with Crippen molar-refractivity contribution in [3.8, 4) is 66.8 Å². The van der Waals surface area contributed by atoms with Gasteiger partial charge in [-0.3, -0.25) is 0 Å². The van der Waals surface area contributed by atoms with Gasteiger partial charge in [-0.15, -0.1) is 0 Å². The molecule has 0 saturated carbocycles. The predicted molar refractivity (Wildman–Crippen MR) is 322 cm³/mol. The van der Waals surface area contributed by atoms with Crippen LogP contribution in [0.3, 0.4) is 0 Å². The molecule has 1 nitrogen and oxygen atoms in total. The molecule has 0 N–H and O–H groups in total. The van der Waals surface area contributed by atoms with Crippen LogP contribution in [-0.2, 0) is 9.15 Å². The Morgan fingerprint density at radius 3 is 0.767 bits per heavy atom.